The molecule has 0 aliphatic heterocycles. The molecule has 1 N–H and O–H groups in total. The zero-order valence-corrected chi connectivity index (χ0v) is 11.2. The third-order valence-corrected chi connectivity index (χ3v) is 2.33. The third-order valence-electron chi connectivity index (χ3n) is 1.42. The van der Waals surface area contributed by atoms with E-state index in [-0.39, 0.29) is 24.8 Å². The molecule has 0 rings (SSSR count). The van der Waals surface area contributed by atoms with Gasteiger partial charge in [-0.2, -0.15) is 47.9 Å². The van der Waals surface area contributed by atoms with Crippen LogP contribution in [-0.4, -0.2) is 30.3 Å². The fourth-order valence-corrected chi connectivity index (χ4v) is 0.989. The second-order valence-electron chi connectivity index (χ2n) is 2.72. The van der Waals surface area contributed by atoms with Crippen molar-refractivity contribution in [1.29, 1.82) is 0 Å². The van der Waals surface area contributed by atoms with Crippen molar-refractivity contribution in [3.63, 3.8) is 0 Å². The van der Waals surface area contributed by atoms with E-state index < -0.39 is 39.5 Å². The van der Waals surface area contributed by atoms with Crippen molar-refractivity contribution < 1.29 is 57.2 Å². The molecule has 0 fully saturated rings. The monoisotopic (exact) mass is 400 g/mol. The van der Waals surface area contributed by atoms with Gasteiger partial charge in [-0.05, 0) is 0 Å². The van der Waals surface area contributed by atoms with E-state index in [2.05, 4.69) is 0 Å². The molecule has 0 aliphatic carbocycles. The van der Waals surface area contributed by atoms with Crippen LogP contribution in [0.25, 0.3) is 0 Å². The van der Waals surface area contributed by atoms with Crippen LogP contribution in [0.5, 0.6) is 0 Å². The van der Waals surface area contributed by atoms with Gasteiger partial charge in [0, 0.05) is 0 Å². The first-order valence-corrected chi connectivity index (χ1v) is 5.02. The molecule has 0 amide bonds. The Balaban J connectivity index is -0.00000162. The molecular formula is C5H3Cl2F9O4S. The number of alkyl halides is 6. The summed E-state index contributed by atoms with van der Waals surface area (Å²) in [6, 6.07) is -3.63. The maximum atomic E-state index is 12.5. The van der Waals surface area contributed by atoms with E-state index in [9.17, 15) is 47.9 Å². The van der Waals surface area contributed by atoms with Crippen molar-refractivity contribution in [1.82, 2.24) is 0 Å². The molecule has 0 aromatic heterocycles. The van der Waals surface area contributed by atoms with Crippen LogP contribution in [-0.2, 0) is 14.9 Å². The molecule has 21 heavy (non-hydrogen) atoms. The van der Waals surface area contributed by atoms with Crippen LogP contribution >= 0.6 is 24.8 Å². The molecule has 0 aromatic carbocycles. The maximum absolute atomic E-state index is 12.5. The lowest BCUT2D eigenvalue weighted by atomic mass is 10.3. The first-order chi connectivity index (χ1) is 8.08. The van der Waals surface area contributed by atoms with E-state index in [1.807, 2.05) is 4.74 Å². The van der Waals surface area contributed by atoms with Crippen LogP contribution in [0.15, 0.2) is 12.1 Å². The molecule has 16 heteroatoms. The predicted octanol–water partition coefficient (Wildman–Crippen LogP) is 3.59. The molecule has 0 radical (unpaired) electrons. The summed E-state index contributed by atoms with van der Waals surface area (Å²) in [6.07, 6.45) is -10.4. The summed E-state index contributed by atoms with van der Waals surface area (Å²) in [4.78, 5) is 0. The Labute approximate surface area is 122 Å². The van der Waals surface area contributed by atoms with E-state index in [0.29, 0.717) is 0 Å². The van der Waals surface area contributed by atoms with Gasteiger partial charge in [-0.3, -0.25) is 4.55 Å². The number of hydrogen-bond donors (Lipinski definition) is 1. The van der Waals surface area contributed by atoms with Gasteiger partial charge >= 0.3 is 39.5 Å². The van der Waals surface area contributed by atoms with Gasteiger partial charge in [0.1, 0.15) is 0 Å². The van der Waals surface area contributed by atoms with Crippen molar-refractivity contribution in [3.8, 4) is 0 Å². The zero-order chi connectivity index (χ0) is 15.9. The van der Waals surface area contributed by atoms with E-state index in [1.54, 1.807) is 0 Å². The fourth-order valence-electron chi connectivity index (χ4n) is 0.547. The van der Waals surface area contributed by atoms with Crippen LogP contribution in [0.2, 0.25) is 0 Å². The highest BCUT2D eigenvalue weighted by molar-refractivity contribution is 7.87. The fraction of sp³-hybridized carbons (Fsp3) is 0.600. The van der Waals surface area contributed by atoms with Crippen molar-refractivity contribution in [3.05, 3.63) is 12.1 Å². The van der Waals surface area contributed by atoms with Crippen molar-refractivity contribution in [2.45, 2.75) is 17.3 Å². The quantitative estimate of drug-likeness (QED) is 0.435. The predicted molar refractivity (Wildman–Crippen MR) is 52.3 cm³/mol. The van der Waals surface area contributed by atoms with Crippen LogP contribution in [0.4, 0.5) is 39.5 Å². The lowest BCUT2D eigenvalue weighted by Gasteiger charge is -2.29. The summed E-state index contributed by atoms with van der Waals surface area (Å²) in [7, 11) is -7.07. The van der Waals surface area contributed by atoms with Gasteiger partial charge in [0.25, 0.3) is 0 Å². The zero-order valence-electron chi connectivity index (χ0n) is 8.80. The van der Waals surface area contributed by atoms with Crippen LogP contribution in [0.3, 0.4) is 0 Å². The number of ether oxygens (including phenoxy) is 1. The first kappa shape index (κ1) is 25.4. The van der Waals surface area contributed by atoms with Crippen LogP contribution in [0, 0.1) is 0 Å². The summed E-state index contributed by atoms with van der Waals surface area (Å²) >= 11 is 0. The Bertz CT molecular complexity index is 486. The van der Waals surface area contributed by atoms with Crippen LogP contribution < -0.4 is 0 Å². The highest BCUT2D eigenvalue weighted by Gasteiger charge is 2.80. The van der Waals surface area contributed by atoms with Crippen molar-refractivity contribution in [2.24, 2.45) is 0 Å². The third kappa shape index (κ3) is 4.69. The molecule has 0 saturated heterocycles. The minimum absolute atomic E-state index is 0. The molecule has 0 aliphatic rings. The van der Waals surface area contributed by atoms with E-state index in [0.717, 1.165) is 0 Å². The SMILES string of the molecule is Cl.Cl.O=S(=O)(O)C(F)(F)C(F)(F)C(F)(F)OC(F)=C(F)F. The summed E-state index contributed by atoms with van der Waals surface area (Å²) in [5, 5.41) is -6.82. The molecule has 0 bridgehead atoms. The standard InChI is InChI=1S/C5HF9O4S.2ClH/c6-1(7)2(8)18-4(11,12)3(9,10)5(13,14)19(15,16)17;;/h(H,15,16,17);2*1H. The summed E-state index contributed by atoms with van der Waals surface area (Å²) < 4.78 is 138. The topological polar surface area (TPSA) is 63.6 Å². The molecular weight excluding hydrogens is 398 g/mol. The van der Waals surface area contributed by atoms with E-state index in [1.165, 1.54) is 0 Å². The Morgan fingerprint density at radius 1 is 0.905 bits per heavy atom. The van der Waals surface area contributed by atoms with Gasteiger partial charge in [-0.1, -0.05) is 0 Å². The molecule has 0 atom stereocenters. The normalized spacial score (nSPS) is 12.9. The first-order valence-electron chi connectivity index (χ1n) is 3.58. The van der Waals surface area contributed by atoms with Gasteiger partial charge in [-0.15, -0.1) is 24.8 Å². The van der Waals surface area contributed by atoms with Gasteiger partial charge in [0.05, 0.1) is 0 Å². The van der Waals surface area contributed by atoms with Gasteiger partial charge < -0.3 is 4.74 Å². The highest BCUT2D eigenvalue weighted by Crippen LogP contribution is 2.49. The molecule has 0 unspecified atom stereocenters. The Morgan fingerprint density at radius 2 is 1.24 bits per heavy atom. The van der Waals surface area contributed by atoms with E-state index >= 15 is 0 Å². The summed E-state index contributed by atoms with van der Waals surface area (Å²) in [5.41, 5.74) is 0. The van der Waals surface area contributed by atoms with Crippen molar-refractivity contribution >= 4 is 34.9 Å². The molecule has 0 spiro atoms. The molecule has 4 nitrogen and oxygen atoms in total. The Kier molecular flexibility index (Phi) is 8.58. The second-order valence-corrected chi connectivity index (χ2v) is 4.18. The number of rotatable bonds is 5. The van der Waals surface area contributed by atoms with Crippen molar-refractivity contribution in [2.75, 3.05) is 0 Å². The maximum Gasteiger partial charge on any atom is 0.474 e. The minimum Gasteiger partial charge on any atom is -0.397 e. The molecule has 0 heterocycles. The Morgan fingerprint density at radius 3 is 1.48 bits per heavy atom. The minimum atomic E-state index is -7.07. The Hall–Kier alpha value is -0.600. The highest BCUT2D eigenvalue weighted by atomic mass is 35.5. The average Bonchev–Trinajstić information content (AvgIpc) is 2.14. The van der Waals surface area contributed by atoms with Crippen LogP contribution in [0.1, 0.15) is 0 Å². The number of hydrogen-bond acceptors (Lipinski definition) is 3. The molecule has 0 saturated carbocycles. The lowest BCUT2D eigenvalue weighted by molar-refractivity contribution is -0.377. The molecule has 130 valence electrons. The number of halogens is 11. The largest absolute Gasteiger partial charge is 0.474 e. The summed E-state index contributed by atoms with van der Waals surface area (Å²) in [6.45, 7) is 0. The lowest BCUT2D eigenvalue weighted by Crippen LogP contribution is -2.58. The smallest absolute Gasteiger partial charge is 0.397 e. The molecule has 0 aromatic rings. The summed E-state index contributed by atoms with van der Waals surface area (Å²) in [5.74, 6) is -7.04. The second kappa shape index (κ2) is 7.11. The van der Waals surface area contributed by atoms with Gasteiger partial charge in [0.15, 0.2) is 0 Å². The average molecular weight is 401 g/mol. The van der Waals surface area contributed by atoms with Gasteiger partial charge in [-0.25, -0.2) is 0 Å². The van der Waals surface area contributed by atoms with E-state index in [4.69, 9.17) is 4.55 Å². The van der Waals surface area contributed by atoms with Gasteiger partial charge in [0.2, 0.25) is 0 Å².